The molecule has 0 spiro atoms. The van der Waals surface area contributed by atoms with Gasteiger partial charge in [0.25, 0.3) is 0 Å². The lowest BCUT2D eigenvalue weighted by molar-refractivity contribution is 0.194. The van der Waals surface area contributed by atoms with Gasteiger partial charge < -0.3 is 0 Å². The maximum Gasteiger partial charge on any atom is 0.0444 e. The number of fused-ring (bicyclic) bond motifs is 2. The molecule has 2 saturated carbocycles. The topological polar surface area (TPSA) is 25.2 Å². The molecule has 0 saturated heterocycles. The highest BCUT2D eigenvalue weighted by Crippen LogP contribution is 2.63. The average Bonchev–Trinajstić information content (AvgIpc) is 2.73. The maximum atomic E-state index is 4.95. The highest BCUT2D eigenvalue weighted by atomic mass is 14.8. The highest BCUT2D eigenvalue weighted by molar-refractivity contribution is 5.94. The van der Waals surface area contributed by atoms with Crippen LogP contribution in [0.25, 0.3) is 0 Å². The van der Waals surface area contributed by atoms with Crippen molar-refractivity contribution >= 4 is 5.71 Å². The number of rotatable bonds is 3. The molecule has 102 valence electrons. The van der Waals surface area contributed by atoms with E-state index in [-0.39, 0.29) is 0 Å². The van der Waals surface area contributed by atoms with E-state index in [9.17, 15) is 0 Å². The Morgan fingerprint density at radius 1 is 1.32 bits per heavy atom. The molecule has 0 aromatic carbocycles. The van der Waals surface area contributed by atoms with Crippen LogP contribution in [0.5, 0.6) is 0 Å². The van der Waals surface area contributed by atoms with E-state index in [4.69, 9.17) is 4.99 Å². The van der Waals surface area contributed by atoms with Crippen molar-refractivity contribution in [3.63, 3.8) is 0 Å². The third-order valence-corrected chi connectivity index (χ3v) is 5.91. The van der Waals surface area contributed by atoms with Gasteiger partial charge in [-0.15, -0.1) is 0 Å². The second-order valence-electron chi connectivity index (χ2n) is 6.89. The first-order chi connectivity index (χ1) is 9.04. The fourth-order valence-electron chi connectivity index (χ4n) is 4.02. The van der Waals surface area contributed by atoms with Gasteiger partial charge in [0.1, 0.15) is 0 Å². The molecular weight excluding hydrogens is 232 g/mol. The fraction of sp³-hybridized carbons (Fsp3) is 0.647. The summed E-state index contributed by atoms with van der Waals surface area (Å²) < 4.78 is 0. The van der Waals surface area contributed by atoms with Gasteiger partial charge in [-0.1, -0.05) is 26.8 Å². The number of hydrogen-bond acceptors (Lipinski definition) is 2. The third kappa shape index (κ3) is 1.92. The number of pyridine rings is 1. The number of nitrogens with zero attached hydrogens (tertiary/aromatic N) is 2. The minimum absolute atomic E-state index is 0.349. The van der Waals surface area contributed by atoms with E-state index in [1.807, 2.05) is 12.3 Å². The summed E-state index contributed by atoms with van der Waals surface area (Å²) in [4.78, 5) is 9.31. The number of aromatic nitrogens is 1. The number of aliphatic imine (C=N–C) groups is 1. The molecule has 2 bridgehead atoms. The standard InChI is InChI=1S/C17H24N2/c1-16(2)13-7-9-17(16,3)15(12-13)19-11-8-14-6-4-5-10-18-14/h4-6,10,13H,7-9,11-12H2,1-3H3. The van der Waals surface area contributed by atoms with Crippen molar-refractivity contribution in [1.29, 1.82) is 0 Å². The second-order valence-corrected chi connectivity index (χ2v) is 6.89. The smallest absolute Gasteiger partial charge is 0.0444 e. The van der Waals surface area contributed by atoms with Crippen LogP contribution in [-0.2, 0) is 6.42 Å². The van der Waals surface area contributed by atoms with Crippen LogP contribution in [0.4, 0.5) is 0 Å². The van der Waals surface area contributed by atoms with Crippen LogP contribution < -0.4 is 0 Å². The van der Waals surface area contributed by atoms with E-state index in [2.05, 4.69) is 37.9 Å². The van der Waals surface area contributed by atoms with Crippen molar-refractivity contribution in [2.24, 2.45) is 21.7 Å². The molecule has 2 aliphatic rings. The minimum atomic E-state index is 0.349. The van der Waals surface area contributed by atoms with E-state index in [1.54, 1.807) is 0 Å². The summed E-state index contributed by atoms with van der Waals surface area (Å²) in [5, 5.41) is 0. The molecule has 2 unspecified atom stereocenters. The van der Waals surface area contributed by atoms with Crippen LogP contribution in [0.15, 0.2) is 29.4 Å². The highest BCUT2D eigenvalue weighted by Gasteiger charge is 2.59. The van der Waals surface area contributed by atoms with Crippen molar-refractivity contribution in [2.75, 3.05) is 6.54 Å². The Morgan fingerprint density at radius 3 is 2.74 bits per heavy atom. The molecule has 2 atom stereocenters. The molecule has 1 heterocycles. The molecule has 3 rings (SSSR count). The van der Waals surface area contributed by atoms with Crippen LogP contribution in [0.2, 0.25) is 0 Å². The minimum Gasteiger partial charge on any atom is -0.293 e. The molecule has 2 fully saturated rings. The van der Waals surface area contributed by atoms with Gasteiger partial charge in [-0.25, -0.2) is 0 Å². The first kappa shape index (κ1) is 12.8. The van der Waals surface area contributed by atoms with E-state index >= 15 is 0 Å². The van der Waals surface area contributed by atoms with Crippen LogP contribution in [-0.4, -0.2) is 17.2 Å². The molecule has 0 aliphatic heterocycles. The largest absolute Gasteiger partial charge is 0.293 e. The zero-order chi connectivity index (χ0) is 13.5. The molecule has 1 aromatic heterocycles. The average molecular weight is 256 g/mol. The summed E-state index contributed by atoms with van der Waals surface area (Å²) in [6.45, 7) is 8.20. The van der Waals surface area contributed by atoms with Crippen molar-refractivity contribution in [3.8, 4) is 0 Å². The molecule has 2 heteroatoms. The quantitative estimate of drug-likeness (QED) is 0.805. The van der Waals surface area contributed by atoms with Crippen molar-refractivity contribution in [1.82, 2.24) is 4.98 Å². The molecule has 1 aromatic rings. The van der Waals surface area contributed by atoms with Crippen molar-refractivity contribution in [2.45, 2.75) is 46.5 Å². The Morgan fingerprint density at radius 2 is 2.16 bits per heavy atom. The summed E-state index contributed by atoms with van der Waals surface area (Å²) in [5.41, 5.74) is 3.42. The van der Waals surface area contributed by atoms with E-state index in [1.165, 1.54) is 25.0 Å². The van der Waals surface area contributed by atoms with Gasteiger partial charge in [-0.05, 0) is 42.7 Å². The van der Waals surface area contributed by atoms with Crippen molar-refractivity contribution < 1.29 is 0 Å². The molecule has 0 N–H and O–H groups in total. The second kappa shape index (κ2) is 4.43. The van der Waals surface area contributed by atoms with E-state index < -0.39 is 0 Å². The molecule has 2 nitrogen and oxygen atoms in total. The lowest BCUT2D eigenvalue weighted by Crippen LogP contribution is -2.32. The van der Waals surface area contributed by atoms with Crippen molar-refractivity contribution in [3.05, 3.63) is 30.1 Å². The third-order valence-electron chi connectivity index (χ3n) is 5.91. The Kier molecular flexibility index (Phi) is 2.99. The van der Waals surface area contributed by atoms with Gasteiger partial charge in [-0.3, -0.25) is 9.98 Å². The summed E-state index contributed by atoms with van der Waals surface area (Å²) in [6.07, 6.45) is 6.78. The van der Waals surface area contributed by atoms with Crippen LogP contribution >= 0.6 is 0 Å². The molecule has 19 heavy (non-hydrogen) atoms. The first-order valence-electron chi connectivity index (χ1n) is 7.48. The van der Waals surface area contributed by atoms with E-state index in [0.29, 0.717) is 10.8 Å². The normalized spacial score (nSPS) is 34.1. The van der Waals surface area contributed by atoms with Gasteiger partial charge in [0.05, 0.1) is 0 Å². The summed E-state index contributed by atoms with van der Waals surface area (Å²) in [7, 11) is 0. The Hall–Kier alpha value is -1.18. The zero-order valence-electron chi connectivity index (χ0n) is 12.3. The van der Waals surface area contributed by atoms with Crippen LogP contribution in [0.3, 0.4) is 0 Å². The fourth-order valence-corrected chi connectivity index (χ4v) is 4.02. The van der Waals surface area contributed by atoms with Gasteiger partial charge in [0, 0.05) is 36.0 Å². The Labute approximate surface area is 116 Å². The summed E-state index contributed by atoms with van der Waals surface area (Å²) >= 11 is 0. The number of hydrogen-bond donors (Lipinski definition) is 0. The van der Waals surface area contributed by atoms with Gasteiger partial charge >= 0.3 is 0 Å². The lowest BCUT2D eigenvalue weighted by atomic mass is 9.70. The molecule has 2 aliphatic carbocycles. The first-order valence-corrected chi connectivity index (χ1v) is 7.48. The van der Waals surface area contributed by atoms with Crippen LogP contribution in [0.1, 0.15) is 45.7 Å². The summed E-state index contributed by atoms with van der Waals surface area (Å²) in [6, 6.07) is 6.11. The predicted molar refractivity (Wildman–Crippen MR) is 79.5 cm³/mol. The van der Waals surface area contributed by atoms with E-state index in [0.717, 1.165) is 24.6 Å². The Bertz CT molecular complexity index is 489. The zero-order valence-corrected chi connectivity index (χ0v) is 12.3. The molecule has 0 amide bonds. The predicted octanol–water partition coefficient (Wildman–Crippen LogP) is 3.91. The maximum absolute atomic E-state index is 4.95. The lowest BCUT2D eigenvalue weighted by Gasteiger charge is -2.34. The SMILES string of the molecule is CC12CCC(CC1=NCCc1ccccn1)C2(C)C. The Balaban J connectivity index is 1.69. The molecule has 0 radical (unpaired) electrons. The van der Waals surface area contributed by atoms with Crippen LogP contribution in [0, 0.1) is 16.7 Å². The molecular formula is C17H24N2. The summed E-state index contributed by atoms with van der Waals surface area (Å²) in [5.74, 6) is 0.853. The van der Waals surface area contributed by atoms with Gasteiger partial charge in [0.2, 0.25) is 0 Å². The van der Waals surface area contributed by atoms with Gasteiger partial charge in [0.15, 0.2) is 0 Å². The monoisotopic (exact) mass is 256 g/mol. The van der Waals surface area contributed by atoms with Gasteiger partial charge in [-0.2, -0.15) is 0 Å².